The minimum absolute atomic E-state index is 0.113. The fourth-order valence-electron chi connectivity index (χ4n) is 1.85. The van der Waals surface area contributed by atoms with Gasteiger partial charge in [0.15, 0.2) is 5.78 Å². The predicted molar refractivity (Wildman–Crippen MR) is 74.4 cm³/mol. The molecule has 1 saturated heterocycles. The third kappa shape index (κ3) is 2.38. The first-order valence-electron chi connectivity index (χ1n) is 6.26. The average molecular weight is 262 g/mol. The zero-order chi connectivity index (χ0) is 14.4. The van der Waals surface area contributed by atoms with Crippen LogP contribution < -0.4 is 11.2 Å². The number of nitrogen functional groups attached to an aromatic ring is 1. The molecule has 0 unspecified atom stereocenters. The van der Waals surface area contributed by atoms with Gasteiger partial charge in [-0.25, -0.2) is 0 Å². The zero-order valence-corrected chi connectivity index (χ0v) is 12.0. The minimum atomic E-state index is -0.578. The summed E-state index contributed by atoms with van der Waals surface area (Å²) in [5.74, 6) is -0.113. The molecule has 19 heavy (non-hydrogen) atoms. The topological polar surface area (TPSA) is 74.4 Å². The molecule has 0 atom stereocenters. The van der Waals surface area contributed by atoms with Gasteiger partial charge < -0.3 is 15.0 Å². The molecule has 102 valence electrons. The number of hydrogen-bond acceptors (Lipinski definition) is 5. The highest BCUT2D eigenvalue weighted by Gasteiger charge is 2.52. The summed E-state index contributed by atoms with van der Waals surface area (Å²) >= 11 is 0. The third-order valence-corrected chi connectivity index (χ3v) is 3.84. The lowest BCUT2D eigenvalue weighted by atomic mass is 9.78. The Morgan fingerprint density at radius 3 is 2.26 bits per heavy atom. The van der Waals surface area contributed by atoms with E-state index in [9.17, 15) is 4.79 Å². The van der Waals surface area contributed by atoms with Crippen LogP contribution in [-0.4, -0.2) is 29.1 Å². The van der Waals surface area contributed by atoms with Crippen LogP contribution in [0.2, 0.25) is 0 Å². The van der Waals surface area contributed by atoms with Gasteiger partial charge in [-0.2, -0.15) is 0 Å². The number of ketones is 1. The summed E-state index contributed by atoms with van der Waals surface area (Å²) in [5.41, 5.74) is 6.50. The second-order valence-electron chi connectivity index (χ2n) is 5.84. The standard InChI is InChI=1S/C13H19BN2O3/c1-8(17)11-6-9(10(15)7-16-11)14-18-12(2,3)13(4,5)19-14/h6-7H,15H2,1-5H3. The molecule has 6 heteroatoms. The number of carbonyl (C=O) groups excluding carboxylic acids is 1. The summed E-state index contributed by atoms with van der Waals surface area (Å²) in [4.78, 5) is 15.4. The number of pyridine rings is 1. The molecule has 1 fully saturated rings. The Balaban J connectivity index is 2.39. The van der Waals surface area contributed by atoms with Gasteiger partial charge in [-0.3, -0.25) is 9.78 Å². The number of Topliss-reactive ketones (excluding diaryl/α,β-unsaturated/α-hetero) is 1. The van der Waals surface area contributed by atoms with Gasteiger partial charge in [0.2, 0.25) is 0 Å². The van der Waals surface area contributed by atoms with Crippen molar-refractivity contribution < 1.29 is 14.1 Å². The maximum Gasteiger partial charge on any atom is 0.497 e. The zero-order valence-electron chi connectivity index (χ0n) is 12.0. The molecule has 1 aliphatic heterocycles. The van der Waals surface area contributed by atoms with Crippen LogP contribution in [0.25, 0.3) is 0 Å². The second-order valence-corrected chi connectivity index (χ2v) is 5.84. The molecular formula is C13H19BN2O3. The van der Waals surface area contributed by atoms with E-state index in [0.717, 1.165) is 0 Å². The number of anilines is 1. The summed E-state index contributed by atoms with van der Waals surface area (Å²) in [7, 11) is -0.578. The molecule has 0 bridgehead atoms. The molecule has 2 N–H and O–H groups in total. The fraction of sp³-hybridized carbons (Fsp3) is 0.538. The quantitative estimate of drug-likeness (QED) is 0.639. The van der Waals surface area contributed by atoms with Gasteiger partial charge in [0.05, 0.1) is 17.4 Å². The first kappa shape index (κ1) is 14.0. The number of aromatic nitrogens is 1. The second kappa shape index (κ2) is 4.32. The first-order valence-corrected chi connectivity index (χ1v) is 6.26. The van der Waals surface area contributed by atoms with Gasteiger partial charge in [0.1, 0.15) is 5.69 Å². The van der Waals surface area contributed by atoms with Crippen LogP contribution in [-0.2, 0) is 9.31 Å². The third-order valence-electron chi connectivity index (χ3n) is 3.84. The summed E-state index contributed by atoms with van der Waals surface area (Å²) in [6, 6.07) is 1.64. The van der Waals surface area contributed by atoms with Gasteiger partial charge in [0, 0.05) is 18.1 Å². The maximum absolute atomic E-state index is 11.4. The van der Waals surface area contributed by atoms with E-state index in [4.69, 9.17) is 15.0 Å². The normalized spacial score (nSPS) is 20.6. The van der Waals surface area contributed by atoms with Crippen LogP contribution in [0.5, 0.6) is 0 Å². The highest BCUT2D eigenvalue weighted by atomic mass is 16.7. The number of nitrogens with two attached hydrogens (primary N) is 1. The van der Waals surface area contributed by atoms with E-state index in [1.54, 1.807) is 6.07 Å². The lowest BCUT2D eigenvalue weighted by molar-refractivity contribution is 0.00578. The highest BCUT2D eigenvalue weighted by molar-refractivity contribution is 6.64. The molecule has 0 spiro atoms. The van der Waals surface area contributed by atoms with Crippen LogP contribution in [0.4, 0.5) is 5.69 Å². The Labute approximate surface area is 113 Å². The van der Waals surface area contributed by atoms with Crippen molar-refractivity contribution in [3.8, 4) is 0 Å². The monoisotopic (exact) mass is 262 g/mol. The minimum Gasteiger partial charge on any atom is -0.399 e. The molecule has 0 aromatic carbocycles. The van der Waals surface area contributed by atoms with Crippen molar-refractivity contribution in [1.82, 2.24) is 4.98 Å². The van der Waals surface area contributed by atoms with Gasteiger partial charge >= 0.3 is 7.12 Å². The Morgan fingerprint density at radius 1 is 1.26 bits per heavy atom. The summed E-state index contributed by atoms with van der Waals surface area (Å²) in [5, 5.41) is 0. The van der Waals surface area contributed by atoms with Crippen LogP contribution >= 0.6 is 0 Å². The largest absolute Gasteiger partial charge is 0.497 e. The van der Waals surface area contributed by atoms with E-state index in [-0.39, 0.29) is 5.78 Å². The Bertz CT molecular complexity index is 513. The van der Waals surface area contributed by atoms with Crippen molar-refractivity contribution >= 4 is 24.1 Å². The molecule has 0 amide bonds. The molecule has 1 aromatic rings. The Kier molecular flexibility index (Phi) is 3.19. The summed E-state index contributed by atoms with van der Waals surface area (Å²) in [6.07, 6.45) is 1.47. The van der Waals surface area contributed by atoms with E-state index in [0.29, 0.717) is 16.8 Å². The van der Waals surface area contributed by atoms with Crippen LogP contribution in [0.3, 0.4) is 0 Å². The molecule has 2 heterocycles. The molecule has 0 saturated carbocycles. The molecule has 0 radical (unpaired) electrons. The van der Waals surface area contributed by atoms with Crippen molar-refractivity contribution in [1.29, 1.82) is 0 Å². The molecule has 2 rings (SSSR count). The molecule has 0 aliphatic carbocycles. The Morgan fingerprint density at radius 2 is 1.79 bits per heavy atom. The number of rotatable bonds is 2. The van der Waals surface area contributed by atoms with Gasteiger partial charge in [-0.15, -0.1) is 0 Å². The number of nitrogens with zero attached hydrogens (tertiary/aromatic N) is 1. The number of carbonyl (C=O) groups is 1. The van der Waals surface area contributed by atoms with Crippen LogP contribution in [0.1, 0.15) is 45.1 Å². The number of hydrogen-bond donors (Lipinski definition) is 1. The Hall–Kier alpha value is -1.40. The van der Waals surface area contributed by atoms with Crippen LogP contribution in [0, 0.1) is 0 Å². The summed E-state index contributed by atoms with van der Waals surface area (Å²) in [6.45, 7) is 9.34. The van der Waals surface area contributed by atoms with Gasteiger partial charge in [0.25, 0.3) is 0 Å². The first-order chi connectivity index (χ1) is 8.64. The SMILES string of the molecule is CC(=O)c1cc(B2OC(C)(C)C(C)(C)O2)c(N)cn1. The van der Waals surface area contributed by atoms with E-state index in [1.165, 1.54) is 13.1 Å². The lowest BCUT2D eigenvalue weighted by Crippen LogP contribution is -2.41. The molecule has 1 aromatic heterocycles. The lowest BCUT2D eigenvalue weighted by Gasteiger charge is -2.32. The van der Waals surface area contributed by atoms with E-state index in [1.807, 2.05) is 27.7 Å². The van der Waals surface area contributed by atoms with E-state index in [2.05, 4.69) is 4.98 Å². The van der Waals surface area contributed by atoms with Crippen molar-refractivity contribution in [2.45, 2.75) is 45.8 Å². The van der Waals surface area contributed by atoms with Crippen molar-refractivity contribution in [2.75, 3.05) is 5.73 Å². The van der Waals surface area contributed by atoms with Gasteiger partial charge in [-0.1, -0.05) is 0 Å². The molecular weight excluding hydrogens is 243 g/mol. The maximum atomic E-state index is 11.4. The highest BCUT2D eigenvalue weighted by Crippen LogP contribution is 2.36. The van der Waals surface area contributed by atoms with Crippen molar-refractivity contribution in [2.24, 2.45) is 0 Å². The van der Waals surface area contributed by atoms with Crippen LogP contribution in [0.15, 0.2) is 12.3 Å². The van der Waals surface area contributed by atoms with Crippen molar-refractivity contribution in [3.05, 3.63) is 18.0 Å². The average Bonchev–Trinajstić information content (AvgIpc) is 2.48. The molecule has 5 nitrogen and oxygen atoms in total. The molecule has 1 aliphatic rings. The van der Waals surface area contributed by atoms with E-state index >= 15 is 0 Å². The predicted octanol–water partition coefficient (Wildman–Crippen LogP) is 1.17. The smallest absolute Gasteiger partial charge is 0.399 e. The van der Waals surface area contributed by atoms with Gasteiger partial charge in [-0.05, 0) is 33.8 Å². The van der Waals surface area contributed by atoms with Crippen molar-refractivity contribution in [3.63, 3.8) is 0 Å². The fourth-order valence-corrected chi connectivity index (χ4v) is 1.85. The van der Waals surface area contributed by atoms with E-state index < -0.39 is 18.3 Å². The summed E-state index contributed by atoms with van der Waals surface area (Å²) < 4.78 is 11.8.